The van der Waals surface area contributed by atoms with Gasteiger partial charge in [0.1, 0.15) is 12.1 Å². The number of aromatic nitrogens is 4. The lowest BCUT2D eigenvalue weighted by Crippen LogP contribution is -2.62. The average Bonchev–Trinajstić information content (AvgIpc) is 3.37. The van der Waals surface area contributed by atoms with Crippen molar-refractivity contribution >= 4 is 51.0 Å². The fourth-order valence-corrected chi connectivity index (χ4v) is 5.64. The van der Waals surface area contributed by atoms with Gasteiger partial charge in [0.05, 0.1) is 16.3 Å². The van der Waals surface area contributed by atoms with Crippen LogP contribution < -0.4 is 10.9 Å². The monoisotopic (exact) mass is 630 g/mol. The summed E-state index contributed by atoms with van der Waals surface area (Å²) in [7, 11) is 0. The van der Waals surface area contributed by atoms with Gasteiger partial charge in [0.2, 0.25) is 16.4 Å². The Kier molecular flexibility index (Phi) is 6.49. The summed E-state index contributed by atoms with van der Waals surface area (Å²) in [5.74, 6) is -0.465. The summed E-state index contributed by atoms with van der Waals surface area (Å²) in [5.41, 5.74) is -1.56. The number of ether oxygens (including phenoxy) is 1. The molecule has 1 aromatic carbocycles. The molecule has 39 heavy (non-hydrogen) atoms. The molecule has 0 saturated carbocycles. The van der Waals surface area contributed by atoms with Crippen molar-refractivity contribution in [1.82, 2.24) is 24.1 Å². The number of benzene rings is 1. The number of carbonyl (C=O) groups is 2. The molecule has 2 amide bonds. The van der Waals surface area contributed by atoms with Gasteiger partial charge in [0.25, 0.3) is 5.56 Å². The molecule has 208 valence electrons. The second-order valence-corrected chi connectivity index (χ2v) is 11.8. The first-order valence-corrected chi connectivity index (χ1v) is 13.1. The minimum Gasteiger partial charge on any atom is -0.444 e. The smallest absolute Gasteiger partial charge is 0.416 e. The normalized spacial score (nSPS) is 16.4. The predicted octanol–water partition coefficient (Wildman–Crippen LogP) is 4.40. The van der Waals surface area contributed by atoms with Gasteiger partial charge < -0.3 is 19.5 Å². The molecule has 1 saturated heterocycles. The highest BCUT2D eigenvalue weighted by Gasteiger charge is 2.54. The number of anilines is 1. The quantitative estimate of drug-likeness (QED) is 0.459. The molecule has 15 heteroatoms. The van der Waals surface area contributed by atoms with E-state index in [4.69, 9.17) is 16.3 Å². The molecule has 2 aliphatic rings. The summed E-state index contributed by atoms with van der Waals surface area (Å²) in [6.07, 6.45) is -4.04. The lowest BCUT2D eigenvalue weighted by atomic mass is 9.75. The van der Waals surface area contributed by atoms with E-state index in [-0.39, 0.29) is 46.4 Å². The third-order valence-electron chi connectivity index (χ3n) is 6.71. The molecule has 3 aromatic rings. The van der Waals surface area contributed by atoms with E-state index in [1.54, 1.807) is 25.3 Å². The highest BCUT2D eigenvalue weighted by atomic mass is 79.9. The van der Waals surface area contributed by atoms with E-state index < -0.39 is 34.8 Å². The van der Waals surface area contributed by atoms with Gasteiger partial charge in [-0.2, -0.15) is 22.7 Å². The molecule has 0 atom stereocenters. The van der Waals surface area contributed by atoms with Crippen LogP contribution in [0, 0.1) is 0 Å². The van der Waals surface area contributed by atoms with Gasteiger partial charge >= 0.3 is 12.3 Å². The fraction of sp³-hybridized carbons (Fsp3) is 0.458. The Bertz CT molecular complexity index is 1570. The van der Waals surface area contributed by atoms with E-state index in [9.17, 15) is 27.6 Å². The van der Waals surface area contributed by atoms with Crippen molar-refractivity contribution in [3.63, 3.8) is 0 Å². The minimum absolute atomic E-state index is 0.00879. The third kappa shape index (κ3) is 4.99. The van der Waals surface area contributed by atoms with Crippen LogP contribution in [0.4, 0.5) is 23.7 Å². The summed E-state index contributed by atoms with van der Waals surface area (Å²) >= 11 is 9.18. The molecule has 2 aromatic heterocycles. The second-order valence-electron chi connectivity index (χ2n) is 10.7. The maximum Gasteiger partial charge on any atom is 0.416 e. The third-order valence-corrected chi connectivity index (χ3v) is 7.36. The Hall–Kier alpha value is -3.13. The number of nitrogens with one attached hydrogen (secondary N) is 1. The van der Waals surface area contributed by atoms with Crippen LogP contribution in [0.1, 0.15) is 44.0 Å². The van der Waals surface area contributed by atoms with Crippen LogP contribution in [-0.4, -0.2) is 54.8 Å². The van der Waals surface area contributed by atoms with Crippen molar-refractivity contribution in [3.8, 4) is 0 Å². The molecule has 1 aliphatic carbocycles. The van der Waals surface area contributed by atoms with E-state index in [1.165, 1.54) is 4.90 Å². The summed E-state index contributed by atoms with van der Waals surface area (Å²) in [5, 5.41) is 6.40. The molecular weight excluding hydrogens is 609 g/mol. The van der Waals surface area contributed by atoms with Gasteiger partial charge in [-0.05, 0) is 67.7 Å². The number of hydrogen-bond donors (Lipinski definition) is 1. The molecule has 0 bridgehead atoms. The zero-order valence-corrected chi connectivity index (χ0v) is 23.4. The van der Waals surface area contributed by atoms with E-state index in [0.29, 0.717) is 24.1 Å². The number of carbonyl (C=O) groups excluding carboxylic acids is 2. The molecule has 0 unspecified atom stereocenters. The molecule has 1 aliphatic heterocycles. The number of alkyl halides is 3. The van der Waals surface area contributed by atoms with Gasteiger partial charge in [-0.25, -0.2) is 4.79 Å². The Morgan fingerprint density at radius 2 is 1.92 bits per heavy atom. The van der Waals surface area contributed by atoms with Crippen molar-refractivity contribution in [2.24, 2.45) is 0 Å². The van der Waals surface area contributed by atoms with Crippen molar-refractivity contribution in [1.29, 1.82) is 0 Å². The topological polar surface area (TPSA) is 111 Å². The van der Waals surface area contributed by atoms with Gasteiger partial charge in [0, 0.05) is 29.8 Å². The molecule has 3 heterocycles. The van der Waals surface area contributed by atoms with Gasteiger partial charge in [-0.15, -0.1) is 5.10 Å². The summed E-state index contributed by atoms with van der Waals surface area (Å²) in [6.45, 7) is 5.56. The van der Waals surface area contributed by atoms with E-state index in [1.807, 2.05) is 0 Å². The average molecular weight is 632 g/mol. The molecular formula is C24H23BrClF3N6O4. The van der Waals surface area contributed by atoms with Gasteiger partial charge in [0.15, 0.2) is 0 Å². The zero-order chi connectivity index (χ0) is 28.5. The van der Waals surface area contributed by atoms with E-state index >= 15 is 0 Å². The first-order chi connectivity index (χ1) is 18.1. The highest BCUT2D eigenvalue weighted by Crippen LogP contribution is 2.44. The molecule has 10 nitrogen and oxygen atoms in total. The minimum atomic E-state index is -4.58. The van der Waals surface area contributed by atoms with Crippen molar-refractivity contribution < 1.29 is 27.5 Å². The molecule has 0 radical (unpaired) electrons. The summed E-state index contributed by atoms with van der Waals surface area (Å²) in [6, 6.07) is 2.64. The lowest BCUT2D eigenvalue weighted by molar-refractivity contribution is -0.137. The van der Waals surface area contributed by atoms with Crippen LogP contribution in [0.15, 0.2) is 27.7 Å². The maximum atomic E-state index is 13.5. The van der Waals surface area contributed by atoms with Crippen LogP contribution in [-0.2, 0) is 34.1 Å². The molecule has 1 fully saturated rings. The van der Waals surface area contributed by atoms with Crippen LogP contribution in [0.5, 0.6) is 0 Å². The number of halogens is 5. The van der Waals surface area contributed by atoms with Crippen LogP contribution in [0.3, 0.4) is 0 Å². The van der Waals surface area contributed by atoms with Gasteiger partial charge in [-0.3, -0.25) is 9.59 Å². The Morgan fingerprint density at radius 1 is 1.23 bits per heavy atom. The van der Waals surface area contributed by atoms with Crippen LogP contribution in [0.25, 0.3) is 5.78 Å². The van der Waals surface area contributed by atoms with Crippen molar-refractivity contribution in [2.75, 3.05) is 18.4 Å². The Labute approximate surface area is 233 Å². The summed E-state index contributed by atoms with van der Waals surface area (Å²) < 4.78 is 47.2. The standard InChI is InChI=1S/C24H23BrClF3N6O4/c1-22(2,3)39-21(38)33-10-23(11-33)7-6-15-17(23)18(37)35-20(31-19(25)32-35)34(15)9-16(36)30-14-5-4-12(8-13(14)26)24(27,28)29/h4-5,8H,6-7,9-11H2,1-3H3,(H,30,36). The highest BCUT2D eigenvalue weighted by molar-refractivity contribution is 9.10. The number of amides is 2. The SMILES string of the molecule is CC(C)(C)OC(=O)N1CC2(CCc3c2c(=O)n2nc(Br)nc2n3CC(=O)Nc2ccc(C(F)(F)F)cc2Cl)C1. The first-order valence-electron chi connectivity index (χ1n) is 11.9. The van der Waals surface area contributed by atoms with Crippen LogP contribution >= 0.6 is 27.5 Å². The van der Waals surface area contributed by atoms with Crippen molar-refractivity contribution in [3.05, 3.63) is 55.1 Å². The lowest BCUT2D eigenvalue weighted by Gasteiger charge is -2.48. The number of rotatable bonds is 3. The van der Waals surface area contributed by atoms with E-state index in [0.717, 1.165) is 22.7 Å². The first kappa shape index (κ1) is 27.4. The van der Waals surface area contributed by atoms with E-state index in [2.05, 4.69) is 31.3 Å². The van der Waals surface area contributed by atoms with Crippen molar-refractivity contribution in [2.45, 2.75) is 57.3 Å². The second kappa shape index (κ2) is 9.22. The fourth-order valence-electron chi connectivity index (χ4n) is 5.10. The number of hydrogen-bond acceptors (Lipinski definition) is 6. The number of fused-ring (bicyclic) bond motifs is 3. The predicted molar refractivity (Wildman–Crippen MR) is 138 cm³/mol. The largest absolute Gasteiger partial charge is 0.444 e. The number of nitrogens with zero attached hydrogens (tertiary/aromatic N) is 5. The maximum absolute atomic E-state index is 13.5. The molecule has 1 N–H and O–H groups in total. The zero-order valence-electron chi connectivity index (χ0n) is 21.0. The van der Waals surface area contributed by atoms with Gasteiger partial charge in [-0.1, -0.05) is 11.6 Å². The summed E-state index contributed by atoms with van der Waals surface area (Å²) in [4.78, 5) is 44.9. The number of likely N-dealkylation sites (tertiary alicyclic amines) is 1. The Balaban J connectivity index is 1.45. The van der Waals surface area contributed by atoms with Crippen LogP contribution in [0.2, 0.25) is 5.02 Å². The molecule has 1 spiro atoms. The Morgan fingerprint density at radius 3 is 2.54 bits per heavy atom. The molecule has 5 rings (SSSR count).